The first kappa shape index (κ1) is 18.1. The molecule has 2 heterocycles. The Morgan fingerprint density at radius 2 is 1.72 bits per heavy atom. The van der Waals surface area contributed by atoms with E-state index in [1.807, 2.05) is 12.1 Å². The van der Waals surface area contributed by atoms with Crippen LogP contribution in [0.25, 0.3) is 11.3 Å². The van der Waals surface area contributed by atoms with Crippen LogP contribution in [-0.2, 0) is 15.6 Å². The second-order valence-electron chi connectivity index (χ2n) is 7.02. The maximum atomic E-state index is 11.4. The number of pyridine rings is 1. The summed E-state index contributed by atoms with van der Waals surface area (Å²) in [4.78, 5) is 6.97. The Morgan fingerprint density at radius 1 is 1.04 bits per heavy atom. The summed E-state index contributed by atoms with van der Waals surface area (Å²) in [6.45, 7) is 4.65. The Labute approximate surface area is 150 Å². The molecule has 1 aromatic heterocycles. The Hall–Kier alpha value is -1.72. The number of benzene rings is 1. The number of hydrogen-bond acceptors (Lipinski definition) is 4. The zero-order valence-corrected chi connectivity index (χ0v) is 15.8. The lowest BCUT2D eigenvalue weighted by Gasteiger charge is -2.32. The maximum Gasteiger partial charge on any atom is 0.151 e. The van der Waals surface area contributed by atoms with Gasteiger partial charge in [0.15, 0.2) is 9.84 Å². The van der Waals surface area contributed by atoms with E-state index in [-0.39, 0.29) is 5.75 Å². The topological polar surface area (TPSA) is 50.3 Å². The van der Waals surface area contributed by atoms with Crippen LogP contribution in [0.3, 0.4) is 0 Å². The summed E-state index contributed by atoms with van der Waals surface area (Å²) in [5.74, 6) is 0.0343. The van der Waals surface area contributed by atoms with Crippen LogP contribution in [0.5, 0.6) is 0 Å². The number of nitrogens with zero attached hydrogens (tertiary/aromatic N) is 2. The first-order valence-corrected chi connectivity index (χ1v) is 11.0. The van der Waals surface area contributed by atoms with E-state index in [1.54, 1.807) is 6.20 Å². The Balaban J connectivity index is 1.71. The summed E-state index contributed by atoms with van der Waals surface area (Å²) in [6.07, 6.45) is 6.84. The standard InChI is InChI=1S/C20H26N2O2S/c1-16(22-12-4-3-5-13-22)18-7-9-19(10-8-18)20-11-6-17(14-21-20)15-25(2,23)24/h6-11,14,16H,3-5,12-13,15H2,1-2H3. The summed E-state index contributed by atoms with van der Waals surface area (Å²) >= 11 is 0. The fraction of sp³-hybridized carbons (Fsp3) is 0.450. The molecule has 1 aromatic carbocycles. The fourth-order valence-electron chi connectivity index (χ4n) is 3.43. The molecule has 25 heavy (non-hydrogen) atoms. The van der Waals surface area contributed by atoms with E-state index in [4.69, 9.17) is 0 Å². The van der Waals surface area contributed by atoms with Crippen LogP contribution < -0.4 is 0 Å². The highest BCUT2D eigenvalue weighted by molar-refractivity contribution is 7.89. The summed E-state index contributed by atoms with van der Waals surface area (Å²) < 4.78 is 22.7. The van der Waals surface area contributed by atoms with Crippen molar-refractivity contribution >= 4 is 9.84 Å². The van der Waals surface area contributed by atoms with Crippen molar-refractivity contribution in [3.05, 3.63) is 53.7 Å². The largest absolute Gasteiger partial charge is 0.297 e. The van der Waals surface area contributed by atoms with Crippen molar-refractivity contribution in [2.45, 2.75) is 38.0 Å². The molecular formula is C20H26N2O2S. The highest BCUT2D eigenvalue weighted by atomic mass is 32.2. The van der Waals surface area contributed by atoms with Gasteiger partial charge in [-0.3, -0.25) is 9.88 Å². The van der Waals surface area contributed by atoms with Gasteiger partial charge in [-0.25, -0.2) is 8.42 Å². The highest BCUT2D eigenvalue weighted by Gasteiger charge is 2.18. The van der Waals surface area contributed by atoms with Crippen molar-refractivity contribution in [1.82, 2.24) is 9.88 Å². The molecule has 0 radical (unpaired) electrons. The molecule has 3 rings (SSSR count). The van der Waals surface area contributed by atoms with Gasteiger partial charge in [0, 0.05) is 24.1 Å². The van der Waals surface area contributed by atoms with Crippen LogP contribution in [-0.4, -0.2) is 37.6 Å². The molecule has 1 atom stereocenters. The van der Waals surface area contributed by atoms with Gasteiger partial charge in [0.05, 0.1) is 11.4 Å². The molecule has 0 amide bonds. The molecule has 0 spiro atoms. The normalized spacial score (nSPS) is 17.4. The lowest BCUT2D eigenvalue weighted by molar-refractivity contribution is 0.175. The average Bonchev–Trinajstić information content (AvgIpc) is 2.61. The third-order valence-electron chi connectivity index (χ3n) is 4.88. The van der Waals surface area contributed by atoms with Gasteiger partial charge in [0.2, 0.25) is 0 Å². The molecule has 1 aliphatic heterocycles. The summed E-state index contributed by atoms with van der Waals surface area (Å²) in [5, 5.41) is 0. The molecule has 2 aromatic rings. The van der Waals surface area contributed by atoms with Crippen LogP contribution in [0.1, 0.15) is 43.4 Å². The van der Waals surface area contributed by atoms with Crippen molar-refractivity contribution in [2.24, 2.45) is 0 Å². The molecule has 1 unspecified atom stereocenters. The quantitative estimate of drug-likeness (QED) is 0.815. The van der Waals surface area contributed by atoms with E-state index in [0.29, 0.717) is 6.04 Å². The monoisotopic (exact) mass is 358 g/mol. The van der Waals surface area contributed by atoms with E-state index in [1.165, 1.54) is 44.2 Å². The van der Waals surface area contributed by atoms with E-state index >= 15 is 0 Å². The average molecular weight is 359 g/mol. The smallest absolute Gasteiger partial charge is 0.151 e. The number of piperidine rings is 1. The molecule has 0 aliphatic carbocycles. The molecular weight excluding hydrogens is 332 g/mol. The molecule has 0 bridgehead atoms. The first-order valence-electron chi connectivity index (χ1n) is 8.89. The molecule has 4 nitrogen and oxygen atoms in total. The Kier molecular flexibility index (Phi) is 5.54. The van der Waals surface area contributed by atoms with Crippen molar-refractivity contribution in [3.63, 3.8) is 0 Å². The van der Waals surface area contributed by atoms with Crippen LogP contribution in [0.15, 0.2) is 42.6 Å². The van der Waals surface area contributed by atoms with Crippen LogP contribution >= 0.6 is 0 Å². The molecule has 0 N–H and O–H groups in total. The van der Waals surface area contributed by atoms with Gasteiger partial charge >= 0.3 is 0 Å². The molecule has 5 heteroatoms. The maximum absolute atomic E-state index is 11.4. The number of rotatable bonds is 5. The van der Waals surface area contributed by atoms with Gasteiger partial charge in [-0.2, -0.15) is 0 Å². The lowest BCUT2D eigenvalue weighted by atomic mass is 10.0. The molecule has 1 aliphatic rings. The van der Waals surface area contributed by atoms with Gasteiger partial charge in [-0.1, -0.05) is 36.8 Å². The van der Waals surface area contributed by atoms with E-state index < -0.39 is 9.84 Å². The Bertz CT molecular complexity index is 793. The lowest BCUT2D eigenvalue weighted by Crippen LogP contribution is -2.32. The molecule has 1 fully saturated rings. The first-order chi connectivity index (χ1) is 11.9. The van der Waals surface area contributed by atoms with Crippen LogP contribution in [0.2, 0.25) is 0 Å². The number of hydrogen-bond donors (Lipinski definition) is 0. The predicted molar refractivity (Wildman–Crippen MR) is 102 cm³/mol. The summed E-state index contributed by atoms with van der Waals surface area (Å²) in [5.41, 5.74) is 3.98. The van der Waals surface area contributed by atoms with E-state index in [2.05, 4.69) is 41.1 Å². The summed E-state index contributed by atoms with van der Waals surface area (Å²) in [7, 11) is -3.03. The molecule has 1 saturated heterocycles. The SMILES string of the molecule is CC(c1ccc(-c2ccc(CS(C)(=O)=O)cn2)cc1)N1CCCCC1. The van der Waals surface area contributed by atoms with Gasteiger partial charge in [-0.05, 0) is 50.0 Å². The van der Waals surface area contributed by atoms with E-state index in [0.717, 1.165) is 16.8 Å². The van der Waals surface area contributed by atoms with Gasteiger partial charge in [-0.15, -0.1) is 0 Å². The third kappa shape index (κ3) is 4.89. The minimum absolute atomic E-state index is 0.0343. The zero-order valence-electron chi connectivity index (χ0n) is 15.0. The molecule has 0 saturated carbocycles. The van der Waals surface area contributed by atoms with E-state index in [9.17, 15) is 8.42 Å². The summed E-state index contributed by atoms with van der Waals surface area (Å²) in [6, 6.07) is 12.8. The highest BCUT2D eigenvalue weighted by Crippen LogP contribution is 2.26. The number of likely N-dealkylation sites (tertiary alicyclic amines) is 1. The van der Waals surface area contributed by atoms with Crippen molar-refractivity contribution in [1.29, 1.82) is 0 Å². The van der Waals surface area contributed by atoms with Crippen LogP contribution in [0.4, 0.5) is 0 Å². The van der Waals surface area contributed by atoms with Gasteiger partial charge < -0.3 is 0 Å². The van der Waals surface area contributed by atoms with Gasteiger partial charge in [0.1, 0.15) is 0 Å². The van der Waals surface area contributed by atoms with Crippen molar-refractivity contribution in [3.8, 4) is 11.3 Å². The Morgan fingerprint density at radius 3 is 2.28 bits per heavy atom. The van der Waals surface area contributed by atoms with Gasteiger partial charge in [0.25, 0.3) is 0 Å². The minimum atomic E-state index is -3.03. The second-order valence-corrected chi connectivity index (χ2v) is 9.16. The third-order valence-corrected chi connectivity index (χ3v) is 5.74. The fourth-order valence-corrected chi connectivity index (χ4v) is 4.21. The van der Waals surface area contributed by atoms with Crippen molar-refractivity contribution in [2.75, 3.05) is 19.3 Å². The van der Waals surface area contributed by atoms with Crippen LogP contribution in [0, 0.1) is 0 Å². The minimum Gasteiger partial charge on any atom is -0.297 e. The number of aromatic nitrogens is 1. The van der Waals surface area contributed by atoms with Crippen molar-refractivity contribution < 1.29 is 8.42 Å². The zero-order chi connectivity index (χ0) is 17.9. The predicted octanol–water partition coefficient (Wildman–Crippen LogP) is 3.84. The second kappa shape index (κ2) is 7.67. The molecule has 134 valence electrons. The number of sulfone groups is 1.